The molecule has 226 valence electrons. The second-order valence-electron chi connectivity index (χ2n) is 12.7. The highest BCUT2D eigenvalue weighted by Gasteiger charge is 2.32. The Morgan fingerprint density at radius 1 is 0.829 bits per heavy atom. The van der Waals surface area contributed by atoms with Crippen molar-refractivity contribution in [3.63, 3.8) is 0 Å². The average molecular weight is 569 g/mol. The van der Waals surface area contributed by atoms with Crippen LogP contribution in [0.25, 0.3) is 0 Å². The topological polar surface area (TPSA) is 95.0 Å². The Balaban J connectivity index is 0.000000165. The fourth-order valence-corrected chi connectivity index (χ4v) is 5.56. The van der Waals surface area contributed by atoms with E-state index in [9.17, 15) is 0 Å². The number of rotatable bonds is 3. The van der Waals surface area contributed by atoms with Gasteiger partial charge in [-0.2, -0.15) is 0 Å². The molecule has 2 saturated heterocycles. The third-order valence-corrected chi connectivity index (χ3v) is 7.87. The summed E-state index contributed by atoms with van der Waals surface area (Å²) in [5.74, 6) is 6.21. The molecule has 0 amide bonds. The molecule has 2 aromatic rings. The Bertz CT molecular complexity index is 1200. The van der Waals surface area contributed by atoms with Gasteiger partial charge in [-0.05, 0) is 18.8 Å². The summed E-state index contributed by atoms with van der Waals surface area (Å²) in [4.78, 5) is 23.6. The van der Waals surface area contributed by atoms with Crippen LogP contribution in [0.3, 0.4) is 0 Å². The third kappa shape index (κ3) is 6.69. The molecule has 0 spiro atoms. The maximum absolute atomic E-state index is 6.06. The van der Waals surface area contributed by atoms with Crippen LogP contribution in [0.5, 0.6) is 11.5 Å². The summed E-state index contributed by atoms with van der Waals surface area (Å²) >= 11 is 0. The van der Waals surface area contributed by atoms with Crippen LogP contribution in [-0.2, 0) is 27.7 Å². The Morgan fingerprint density at radius 2 is 1.59 bits per heavy atom. The Hall–Kier alpha value is -2.72. The van der Waals surface area contributed by atoms with Crippen molar-refractivity contribution in [1.29, 1.82) is 0 Å². The maximum Gasteiger partial charge on any atom is 0.183 e. The lowest BCUT2D eigenvalue weighted by Gasteiger charge is -2.25. The van der Waals surface area contributed by atoms with Gasteiger partial charge in [0.15, 0.2) is 23.1 Å². The molecule has 4 aliphatic rings. The van der Waals surface area contributed by atoms with E-state index in [4.69, 9.17) is 33.9 Å². The number of fused-ring (bicyclic) bond motifs is 8. The van der Waals surface area contributed by atoms with Crippen molar-refractivity contribution in [2.24, 2.45) is 5.92 Å². The molecule has 0 aromatic carbocycles. The van der Waals surface area contributed by atoms with Crippen LogP contribution in [0.15, 0.2) is 0 Å². The molecular weight excluding hydrogens is 520 g/mol. The van der Waals surface area contributed by atoms with Crippen molar-refractivity contribution >= 4 is 11.6 Å². The highest BCUT2D eigenvalue weighted by atomic mass is 16.5. The molecular formula is C31H48N6O4. The second kappa shape index (κ2) is 12.7. The zero-order valence-corrected chi connectivity index (χ0v) is 26.0. The summed E-state index contributed by atoms with van der Waals surface area (Å²) < 4.78 is 23.6. The minimum absolute atomic E-state index is 0.0625. The Labute approximate surface area is 245 Å². The smallest absolute Gasteiger partial charge is 0.183 e. The molecule has 4 aliphatic heterocycles. The third-order valence-electron chi connectivity index (χ3n) is 7.87. The van der Waals surface area contributed by atoms with E-state index in [0.29, 0.717) is 25.0 Å². The molecule has 0 N–H and O–H groups in total. The van der Waals surface area contributed by atoms with Crippen molar-refractivity contribution in [3.05, 3.63) is 23.0 Å². The average Bonchev–Trinajstić information content (AvgIpc) is 3.47. The minimum atomic E-state index is -0.0625. The molecule has 2 fully saturated rings. The van der Waals surface area contributed by atoms with E-state index < -0.39 is 0 Å². The number of aryl methyl sites for hydroxylation is 2. The molecule has 2 atom stereocenters. The first-order chi connectivity index (χ1) is 19.7. The lowest BCUT2D eigenvalue weighted by atomic mass is 9.95. The van der Waals surface area contributed by atoms with E-state index >= 15 is 0 Å². The van der Waals surface area contributed by atoms with Crippen molar-refractivity contribution < 1.29 is 18.9 Å². The predicted octanol–water partition coefficient (Wildman–Crippen LogP) is 4.33. The first-order valence-electron chi connectivity index (χ1n) is 15.4. The summed E-state index contributed by atoms with van der Waals surface area (Å²) in [6.45, 7) is 22.3. The monoisotopic (exact) mass is 568 g/mol. The molecule has 0 radical (unpaired) electrons. The number of hydrogen-bond acceptors (Lipinski definition) is 10. The van der Waals surface area contributed by atoms with Crippen molar-refractivity contribution in [3.8, 4) is 11.5 Å². The zero-order valence-electron chi connectivity index (χ0n) is 26.0. The van der Waals surface area contributed by atoms with E-state index in [1.807, 2.05) is 0 Å². The second-order valence-corrected chi connectivity index (χ2v) is 12.7. The number of nitrogens with zero attached hydrogens (tertiary/aromatic N) is 6. The fraction of sp³-hybridized carbons (Fsp3) is 0.742. The summed E-state index contributed by atoms with van der Waals surface area (Å²) in [5.41, 5.74) is 1.99. The van der Waals surface area contributed by atoms with Crippen molar-refractivity contribution in [2.75, 3.05) is 69.0 Å². The van der Waals surface area contributed by atoms with E-state index in [1.165, 1.54) is 0 Å². The summed E-state index contributed by atoms with van der Waals surface area (Å²) in [5, 5.41) is 0. The first kappa shape index (κ1) is 29.8. The zero-order chi connectivity index (χ0) is 29.1. The summed E-state index contributed by atoms with van der Waals surface area (Å²) in [6, 6.07) is 0. The first-order valence-corrected chi connectivity index (χ1v) is 15.4. The van der Waals surface area contributed by atoms with Gasteiger partial charge in [-0.25, -0.2) is 19.9 Å². The lowest BCUT2D eigenvalue weighted by molar-refractivity contribution is 0.0363. The van der Waals surface area contributed by atoms with E-state index in [2.05, 4.69) is 63.2 Å². The maximum atomic E-state index is 6.06. The molecule has 6 heterocycles. The standard InChI is InChI=1S/C16H25N3O2.C15H23N3O2/c1-5-12-13-14(18-15(17-12)16(2,3)4)19-6-7-20-9-11(8-19)10-21-13;1-4-12-16-13(10(2)3)14-15(17-12)18-6-5-7-19-11(8-18)9-20-14/h11H,5-10H2,1-4H3;10-11H,4-9H2,1-3H3. The Morgan fingerprint density at radius 3 is 2.32 bits per heavy atom. The van der Waals surface area contributed by atoms with Gasteiger partial charge in [-0.1, -0.05) is 48.5 Å². The van der Waals surface area contributed by atoms with E-state index in [-0.39, 0.29) is 11.5 Å². The highest BCUT2D eigenvalue weighted by molar-refractivity contribution is 5.57. The normalized spacial score (nSPS) is 22.0. The van der Waals surface area contributed by atoms with Crippen LogP contribution in [0.4, 0.5) is 11.6 Å². The minimum Gasteiger partial charge on any atom is -0.487 e. The molecule has 6 rings (SSSR count). The number of aromatic nitrogens is 4. The van der Waals surface area contributed by atoms with Crippen LogP contribution in [0, 0.1) is 5.92 Å². The molecule has 2 aromatic heterocycles. The van der Waals surface area contributed by atoms with Gasteiger partial charge in [0.1, 0.15) is 24.4 Å². The molecule has 4 bridgehead atoms. The number of hydrogen-bond donors (Lipinski definition) is 0. The number of anilines is 2. The van der Waals surface area contributed by atoms with Crippen LogP contribution in [0.1, 0.15) is 83.8 Å². The van der Waals surface area contributed by atoms with E-state index in [1.54, 1.807) is 0 Å². The summed E-state index contributed by atoms with van der Waals surface area (Å²) in [7, 11) is 0. The van der Waals surface area contributed by atoms with Gasteiger partial charge in [-0.3, -0.25) is 0 Å². The summed E-state index contributed by atoms with van der Waals surface area (Å²) in [6.07, 6.45) is 2.89. The van der Waals surface area contributed by atoms with E-state index in [0.717, 1.165) is 111 Å². The van der Waals surface area contributed by atoms with Gasteiger partial charge < -0.3 is 28.7 Å². The van der Waals surface area contributed by atoms with Gasteiger partial charge in [0, 0.05) is 50.5 Å². The highest BCUT2D eigenvalue weighted by Crippen LogP contribution is 2.37. The van der Waals surface area contributed by atoms with Gasteiger partial charge in [0.25, 0.3) is 0 Å². The lowest BCUT2D eigenvalue weighted by Crippen LogP contribution is -2.32. The van der Waals surface area contributed by atoms with Crippen molar-refractivity contribution in [2.45, 2.75) is 85.2 Å². The molecule has 0 aliphatic carbocycles. The molecule has 10 heteroatoms. The fourth-order valence-electron chi connectivity index (χ4n) is 5.56. The van der Waals surface area contributed by atoms with Gasteiger partial charge >= 0.3 is 0 Å². The Kier molecular flexibility index (Phi) is 9.18. The molecule has 41 heavy (non-hydrogen) atoms. The van der Waals surface area contributed by atoms with Crippen LogP contribution in [-0.4, -0.2) is 85.3 Å². The SMILES string of the molecule is CCc1nc(C(C)(C)C)nc2c1OCC1COCCN2C1.CCc1nc(C(C)C)c2c(n1)N1CCCOC(CO2)C1. The van der Waals surface area contributed by atoms with Crippen LogP contribution < -0.4 is 19.3 Å². The number of ether oxygens (including phenoxy) is 4. The van der Waals surface area contributed by atoms with Crippen molar-refractivity contribution in [1.82, 2.24) is 19.9 Å². The largest absolute Gasteiger partial charge is 0.487 e. The molecule has 2 unspecified atom stereocenters. The predicted molar refractivity (Wildman–Crippen MR) is 160 cm³/mol. The molecule has 0 saturated carbocycles. The van der Waals surface area contributed by atoms with Gasteiger partial charge in [-0.15, -0.1) is 0 Å². The quantitative estimate of drug-likeness (QED) is 0.532. The van der Waals surface area contributed by atoms with Gasteiger partial charge in [0.05, 0.1) is 31.2 Å². The molecule has 10 nitrogen and oxygen atoms in total. The van der Waals surface area contributed by atoms with Crippen LogP contribution >= 0.6 is 0 Å². The van der Waals surface area contributed by atoms with Gasteiger partial charge in [0.2, 0.25) is 0 Å². The van der Waals surface area contributed by atoms with Crippen LogP contribution in [0.2, 0.25) is 0 Å².